The van der Waals surface area contributed by atoms with Crippen molar-refractivity contribution in [2.75, 3.05) is 13.1 Å². The molecule has 1 aliphatic rings. The zero-order valence-corrected chi connectivity index (χ0v) is 9.11. The van der Waals surface area contributed by atoms with Gasteiger partial charge in [-0.25, -0.2) is 4.79 Å². The molecule has 0 N–H and O–H groups in total. The van der Waals surface area contributed by atoms with Crippen molar-refractivity contribution < 1.29 is 14.3 Å². The van der Waals surface area contributed by atoms with Gasteiger partial charge in [0.15, 0.2) is 5.78 Å². The van der Waals surface area contributed by atoms with E-state index in [0.29, 0.717) is 0 Å². The van der Waals surface area contributed by atoms with E-state index in [0.717, 1.165) is 0 Å². The first-order chi connectivity index (χ1) is 6.83. The summed E-state index contributed by atoms with van der Waals surface area (Å²) < 4.78 is 5.09. The van der Waals surface area contributed by atoms with Gasteiger partial charge in [-0.15, -0.1) is 0 Å². The summed E-state index contributed by atoms with van der Waals surface area (Å²) >= 11 is 0. The number of ether oxygens (including phenoxy) is 1. The van der Waals surface area contributed by atoms with E-state index in [4.69, 9.17) is 10.00 Å². The molecule has 0 unspecified atom stereocenters. The minimum Gasteiger partial charge on any atom is -0.444 e. The lowest BCUT2D eigenvalue weighted by atomic mass is 10.1. The van der Waals surface area contributed by atoms with Gasteiger partial charge in [0.25, 0.3) is 0 Å². The Hall–Kier alpha value is -1.57. The quantitative estimate of drug-likeness (QED) is 0.596. The van der Waals surface area contributed by atoms with Crippen LogP contribution in [0, 0.1) is 17.2 Å². The van der Waals surface area contributed by atoms with Crippen LogP contribution in [0.1, 0.15) is 20.8 Å². The van der Waals surface area contributed by atoms with Crippen LogP contribution in [0.4, 0.5) is 4.79 Å². The van der Waals surface area contributed by atoms with Gasteiger partial charge in [-0.3, -0.25) is 9.69 Å². The van der Waals surface area contributed by atoms with Crippen LogP contribution >= 0.6 is 0 Å². The Morgan fingerprint density at radius 2 is 2.20 bits per heavy atom. The zero-order chi connectivity index (χ0) is 11.6. The maximum Gasteiger partial charge on any atom is 0.410 e. The average molecular weight is 210 g/mol. The lowest BCUT2D eigenvalue weighted by Crippen LogP contribution is -2.35. The molecule has 5 heteroatoms. The molecule has 1 atom stereocenters. The fourth-order valence-electron chi connectivity index (χ4n) is 1.26. The summed E-state index contributed by atoms with van der Waals surface area (Å²) in [5, 5.41) is 8.62. The van der Waals surface area contributed by atoms with Crippen LogP contribution < -0.4 is 0 Å². The first-order valence-corrected chi connectivity index (χ1v) is 4.74. The summed E-state index contributed by atoms with van der Waals surface area (Å²) in [5.74, 6) is -0.916. The second kappa shape index (κ2) is 3.89. The van der Waals surface area contributed by atoms with Gasteiger partial charge in [0.1, 0.15) is 11.5 Å². The Balaban J connectivity index is 2.58. The van der Waals surface area contributed by atoms with Crippen molar-refractivity contribution in [2.45, 2.75) is 26.4 Å². The monoisotopic (exact) mass is 210 g/mol. The van der Waals surface area contributed by atoms with Gasteiger partial charge in [-0.2, -0.15) is 5.26 Å². The number of carbonyl (C=O) groups is 2. The maximum atomic E-state index is 11.5. The summed E-state index contributed by atoms with van der Waals surface area (Å²) in [4.78, 5) is 24.0. The van der Waals surface area contributed by atoms with Crippen molar-refractivity contribution >= 4 is 11.9 Å². The van der Waals surface area contributed by atoms with Crippen molar-refractivity contribution in [1.82, 2.24) is 4.90 Å². The van der Waals surface area contributed by atoms with E-state index in [9.17, 15) is 9.59 Å². The highest BCUT2D eigenvalue weighted by atomic mass is 16.6. The number of rotatable bonds is 0. The number of carbonyl (C=O) groups excluding carboxylic acids is 2. The number of hydrogen-bond donors (Lipinski definition) is 0. The smallest absolute Gasteiger partial charge is 0.410 e. The molecule has 5 nitrogen and oxygen atoms in total. The van der Waals surface area contributed by atoms with Crippen LogP contribution in [-0.2, 0) is 9.53 Å². The second-order valence-electron chi connectivity index (χ2n) is 4.51. The van der Waals surface area contributed by atoms with Crippen molar-refractivity contribution in [2.24, 2.45) is 5.92 Å². The van der Waals surface area contributed by atoms with Gasteiger partial charge in [-0.1, -0.05) is 0 Å². The molecule has 0 aromatic heterocycles. The highest BCUT2D eigenvalue weighted by Crippen LogP contribution is 2.16. The number of ketones is 1. The Morgan fingerprint density at radius 1 is 1.60 bits per heavy atom. The highest BCUT2D eigenvalue weighted by molar-refractivity contribution is 5.91. The molecule has 0 spiro atoms. The second-order valence-corrected chi connectivity index (χ2v) is 4.51. The van der Waals surface area contributed by atoms with Crippen LogP contribution in [0.25, 0.3) is 0 Å². The third-order valence-electron chi connectivity index (χ3n) is 1.95. The van der Waals surface area contributed by atoms with Crippen LogP contribution in [0.15, 0.2) is 0 Å². The molecule has 0 radical (unpaired) electrons. The van der Waals surface area contributed by atoms with E-state index in [1.807, 2.05) is 6.07 Å². The molecule has 82 valence electrons. The van der Waals surface area contributed by atoms with E-state index in [1.165, 1.54) is 4.90 Å². The molecule has 0 aliphatic carbocycles. The number of nitriles is 1. The average Bonchev–Trinajstić information content (AvgIpc) is 2.43. The van der Waals surface area contributed by atoms with Crippen LogP contribution in [-0.4, -0.2) is 35.5 Å². The van der Waals surface area contributed by atoms with Gasteiger partial charge in [0, 0.05) is 6.54 Å². The van der Waals surface area contributed by atoms with Crippen LogP contribution in [0.3, 0.4) is 0 Å². The van der Waals surface area contributed by atoms with E-state index in [1.54, 1.807) is 20.8 Å². The molecule has 15 heavy (non-hydrogen) atoms. The Labute approximate surface area is 88.6 Å². The highest BCUT2D eigenvalue weighted by Gasteiger charge is 2.35. The fraction of sp³-hybridized carbons (Fsp3) is 0.700. The van der Waals surface area contributed by atoms with Crippen molar-refractivity contribution in [1.29, 1.82) is 5.26 Å². The summed E-state index contributed by atoms with van der Waals surface area (Å²) in [6.45, 7) is 5.39. The first-order valence-electron chi connectivity index (χ1n) is 4.74. The largest absolute Gasteiger partial charge is 0.444 e. The van der Waals surface area contributed by atoms with Gasteiger partial charge in [-0.05, 0) is 20.8 Å². The summed E-state index contributed by atoms with van der Waals surface area (Å²) in [6.07, 6.45) is -0.534. The van der Waals surface area contributed by atoms with Gasteiger partial charge < -0.3 is 4.74 Å². The number of Topliss-reactive ketones (excluding diaryl/α,β-unsaturated/α-hetero) is 1. The lowest BCUT2D eigenvalue weighted by Gasteiger charge is -2.23. The van der Waals surface area contributed by atoms with Crippen LogP contribution in [0.5, 0.6) is 0 Å². The van der Waals surface area contributed by atoms with Crippen LogP contribution in [0.2, 0.25) is 0 Å². The molecule has 0 saturated carbocycles. The molecule has 1 amide bonds. The Bertz CT molecular complexity index is 325. The number of amides is 1. The first kappa shape index (κ1) is 11.5. The minimum atomic E-state index is -0.697. The van der Waals surface area contributed by atoms with E-state index in [-0.39, 0.29) is 18.9 Å². The fourth-order valence-corrected chi connectivity index (χ4v) is 1.26. The van der Waals surface area contributed by atoms with Crippen molar-refractivity contribution in [3.63, 3.8) is 0 Å². The summed E-state index contributed by atoms with van der Waals surface area (Å²) in [7, 11) is 0. The molecule has 0 aromatic carbocycles. The molecule has 1 heterocycles. The number of nitrogens with zero attached hydrogens (tertiary/aromatic N) is 2. The molecular formula is C10H14N2O3. The lowest BCUT2D eigenvalue weighted by molar-refractivity contribution is -0.118. The van der Waals surface area contributed by atoms with E-state index in [2.05, 4.69) is 0 Å². The predicted molar refractivity (Wildman–Crippen MR) is 51.9 cm³/mol. The normalized spacial score (nSPS) is 21.3. The molecule has 1 aliphatic heterocycles. The third kappa shape index (κ3) is 2.94. The van der Waals surface area contributed by atoms with Gasteiger partial charge >= 0.3 is 6.09 Å². The standard InChI is InChI=1S/C10H14N2O3/c1-10(2,3)15-9(14)12-5-7(4-11)8(13)6-12/h7H,5-6H2,1-3H3/t7-/m0/s1. The third-order valence-corrected chi connectivity index (χ3v) is 1.95. The maximum absolute atomic E-state index is 11.5. The van der Waals surface area contributed by atoms with Crippen molar-refractivity contribution in [3.05, 3.63) is 0 Å². The Kier molecular flexibility index (Phi) is 2.98. The van der Waals surface area contributed by atoms with Gasteiger partial charge in [0.2, 0.25) is 0 Å². The predicted octanol–water partition coefficient (Wildman–Crippen LogP) is 0.946. The molecular weight excluding hydrogens is 196 g/mol. The molecule has 0 bridgehead atoms. The van der Waals surface area contributed by atoms with E-state index >= 15 is 0 Å². The minimum absolute atomic E-state index is 0.0207. The van der Waals surface area contributed by atoms with Crippen molar-refractivity contribution in [3.8, 4) is 6.07 Å². The Morgan fingerprint density at radius 3 is 2.60 bits per heavy atom. The topological polar surface area (TPSA) is 70.4 Å². The zero-order valence-electron chi connectivity index (χ0n) is 9.11. The van der Waals surface area contributed by atoms with E-state index < -0.39 is 17.6 Å². The molecule has 1 saturated heterocycles. The molecule has 0 aromatic rings. The molecule has 1 rings (SSSR count). The summed E-state index contributed by atoms with van der Waals surface area (Å²) in [6, 6.07) is 1.86. The van der Waals surface area contributed by atoms with Gasteiger partial charge in [0.05, 0.1) is 12.6 Å². The number of hydrogen-bond acceptors (Lipinski definition) is 4. The number of likely N-dealkylation sites (tertiary alicyclic amines) is 1. The SMILES string of the molecule is CC(C)(C)OC(=O)N1CC(=O)[C@@H](C#N)C1. The molecule has 1 fully saturated rings. The summed E-state index contributed by atoms with van der Waals surface area (Å²) in [5.41, 5.74) is -0.579.